The quantitative estimate of drug-likeness (QED) is 0.755. The second-order valence-electron chi connectivity index (χ2n) is 2.55. The van der Waals surface area contributed by atoms with Crippen LogP contribution in [-0.2, 0) is 0 Å². The number of benzene rings is 1. The largest absolute Gasteiger partial charge is 0.384 e. The molecule has 0 saturated heterocycles. The number of halogens is 2. The zero-order chi connectivity index (χ0) is 9.68. The highest BCUT2D eigenvalue weighted by atomic mass is 32.2. The third-order valence-electron chi connectivity index (χ3n) is 1.55. The van der Waals surface area contributed by atoms with Crippen molar-refractivity contribution in [2.75, 3.05) is 23.9 Å². The molecule has 1 aromatic carbocycles. The molecule has 1 rings (SSSR count). The SMILES string of the molecule is CSCCNc1ccc(F)c(F)c1. The van der Waals surface area contributed by atoms with Crippen molar-refractivity contribution in [2.45, 2.75) is 0 Å². The van der Waals surface area contributed by atoms with Gasteiger partial charge in [-0.2, -0.15) is 11.8 Å². The standard InChI is InChI=1S/C9H11F2NS/c1-13-5-4-12-7-2-3-8(10)9(11)6-7/h2-3,6,12H,4-5H2,1H3. The van der Waals surface area contributed by atoms with Gasteiger partial charge in [0.15, 0.2) is 11.6 Å². The molecule has 0 aliphatic rings. The summed E-state index contributed by atoms with van der Waals surface area (Å²) in [4.78, 5) is 0. The fraction of sp³-hybridized carbons (Fsp3) is 0.333. The fourth-order valence-electron chi connectivity index (χ4n) is 0.904. The Balaban J connectivity index is 2.53. The van der Waals surface area contributed by atoms with Crippen LogP contribution in [0.1, 0.15) is 0 Å². The molecule has 0 aliphatic carbocycles. The first kappa shape index (κ1) is 10.3. The Kier molecular flexibility index (Phi) is 4.02. The molecule has 1 aromatic rings. The molecular weight excluding hydrogens is 192 g/mol. The highest BCUT2D eigenvalue weighted by molar-refractivity contribution is 7.98. The molecule has 4 heteroatoms. The Morgan fingerprint density at radius 3 is 2.69 bits per heavy atom. The van der Waals surface area contributed by atoms with Gasteiger partial charge in [-0.1, -0.05) is 0 Å². The molecular formula is C9H11F2NS. The monoisotopic (exact) mass is 203 g/mol. The van der Waals surface area contributed by atoms with Gasteiger partial charge in [-0.05, 0) is 24.5 Å². The average Bonchev–Trinajstić information content (AvgIpc) is 2.12. The molecule has 13 heavy (non-hydrogen) atoms. The molecule has 0 saturated carbocycles. The number of nitrogens with one attached hydrogen (secondary N) is 1. The molecule has 0 bridgehead atoms. The normalized spacial score (nSPS) is 10.1. The van der Waals surface area contributed by atoms with Crippen molar-refractivity contribution in [3.05, 3.63) is 29.8 Å². The van der Waals surface area contributed by atoms with Gasteiger partial charge in [-0.25, -0.2) is 8.78 Å². The molecule has 0 atom stereocenters. The van der Waals surface area contributed by atoms with Crippen LogP contribution in [0.3, 0.4) is 0 Å². The summed E-state index contributed by atoms with van der Waals surface area (Å²) < 4.78 is 25.1. The molecule has 0 amide bonds. The molecule has 0 fully saturated rings. The second kappa shape index (κ2) is 5.07. The van der Waals surface area contributed by atoms with E-state index in [0.717, 1.165) is 24.4 Å². The summed E-state index contributed by atoms with van der Waals surface area (Å²) in [6.45, 7) is 0.756. The predicted octanol–water partition coefficient (Wildman–Crippen LogP) is 2.74. The van der Waals surface area contributed by atoms with Gasteiger partial charge in [-0.3, -0.25) is 0 Å². The van der Waals surface area contributed by atoms with Crippen molar-refractivity contribution in [3.63, 3.8) is 0 Å². The molecule has 1 N–H and O–H groups in total. The second-order valence-corrected chi connectivity index (χ2v) is 3.53. The number of hydrogen-bond acceptors (Lipinski definition) is 2. The molecule has 0 heterocycles. The highest BCUT2D eigenvalue weighted by Gasteiger charge is 2.00. The Hall–Kier alpha value is -0.770. The number of anilines is 1. The van der Waals surface area contributed by atoms with E-state index in [1.54, 1.807) is 11.8 Å². The van der Waals surface area contributed by atoms with Crippen LogP contribution in [0.2, 0.25) is 0 Å². The summed E-state index contributed by atoms with van der Waals surface area (Å²) in [7, 11) is 0. The number of thioether (sulfide) groups is 1. The van der Waals surface area contributed by atoms with Crippen LogP contribution >= 0.6 is 11.8 Å². The van der Waals surface area contributed by atoms with E-state index in [4.69, 9.17) is 0 Å². The van der Waals surface area contributed by atoms with Crippen LogP contribution in [0.15, 0.2) is 18.2 Å². The van der Waals surface area contributed by atoms with Crippen molar-refractivity contribution in [3.8, 4) is 0 Å². The summed E-state index contributed by atoms with van der Waals surface area (Å²) in [5, 5.41) is 2.99. The summed E-state index contributed by atoms with van der Waals surface area (Å²) in [5.74, 6) is -0.677. The molecule has 0 spiro atoms. The van der Waals surface area contributed by atoms with Crippen molar-refractivity contribution >= 4 is 17.4 Å². The third kappa shape index (κ3) is 3.22. The molecule has 0 aliphatic heterocycles. The highest BCUT2D eigenvalue weighted by Crippen LogP contribution is 2.12. The van der Waals surface area contributed by atoms with E-state index in [-0.39, 0.29) is 0 Å². The first-order valence-electron chi connectivity index (χ1n) is 3.92. The third-order valence-corrected chi connectivity index (χ3v) is 2.17. The van der Waals surface area contributed by atoms with Gasteiger partial charge >= 0.3 is 0 Å². The van der Waals surface area contributed by atoms with Crippen LogP contribution < -0.4 is 5.32 Å². The fourth-order valence-corrected chi connectivity index (χ4v) is 1.21. The number of hydrogen-bond donors (Lipinski definition) is 1. The zero-order valence-corrected chi connectivity index (χ0v) is 8.13. The van der Waals surface area contributed by atoms with E-state index in [9.17, 15) is 8.78 Å². The lowest BCUT2D eigenvalue weighted by atomic mass is 10.3. The minimum atomic E-state index is -0.811. The van der Waals surface area contributed by atoms with E-state index >= 15 is 0 Å². The van der Waals surface area contributed by atoms with E-state index in [0.29, 0.717) is 5.69 Å². The lowest BCUT2D eigenvalue weighted by molar-refractivity contribution is 0.509. The van der Waals surface area contributed by atoms with Gasteiger partial charge in [0, 0.05) is 18.0 Å². The van der Waals surface area contributed by atoms with Crippen LogP contribution in [0, 0.1) is 11.6 Å². The van der Waals surface area contributed by atoms with Crippen molar-refractivity contribution in [2.24, 2.45) is 0 Å². The summed E-state index contributed by atoms with van der Waals surface area (Å²) >= 11 is 1.70. The van der Waals surface area contributed by atoms with Crippen LogP contribution in [-0.4, -0.2) is 18.6 Å². The van der Waals surface area contributed by atoms with E-state index < -0.39 is 11.6 Å². The summed E-state index contributed by atoms with van der Waals surface area (Å²) in [6, 6.07) is 3.81. The maximum absolute atomic E-state index is 12.7. The Morgan fingerprint density at radius 1 is 1.31 bits per heavy atom. The van der Waals surface area contributed by atoms with Crippen molar-refractivity contribution < 1.29 is 8.78 Å². The summed E-state index contributed by atoms with van der Waals surface area (Å²) in [5.41, 5.74) is 0.618. The topological polar surface area (TPSA) is 12.0 Å². The van der Waals surface area contributed by atoms with E-state index in [1.807, 2.05) is 6.26 Å². The van der Waals surface area contributed by atoms with Gasteiger partial charge in [0.05, 0.1) is 0 Å². The summed E-state index contributed by atoms with van der Waals surface area (Å²) in [6.07, 6.45) is 1.99. The Bertz CT molecular complexity index is 278. The van der Waals surface area contributed by atoms with E-state index in [1.165, 1.54) is 6.07 Å². The molecule has 0 radical (unpaired) electrons. The molecule has 0 unspecified atom stereocenters. The van der Waals surface area contributed by atoms with Gasteiger partial charge < -0.3 is 5.32 Å². The van der Waals surface area contributed by atoms with Crippen molar-refractivity contribution in [1.82, 2.24) is 0 Å². The van der Waals surface area contributed by atoms with Crippen LogP contribution in [0.5, 0.6) is 0 Å². The molecule has 1 nitrogen and oxygen atoms in total. The van der Waals surface area contributed by atoms with Gasteiger partial charge in [0.2, 0.25) is 0 Å². The Morgan fingerprint density at radius 2 is 2.08 bits per heavy atom. The zero-order valence-electron chi connectivity index (χ0n) is 7.31. The number of rotatable bonds is 4. The first-order chi connectivity index (χ1) is 6.24. The molecule has 0 aromatic heterocycles. The van der Waals surface area contributed by atoms with Crippen LogP contribution in [0.25, 0.3) is 0 Å². The van der Waals surface area contributed by atoms with E-state index in [2.05, 4.69) is 5.32 Å². The molecule has 72 valence electrons. The Labute approximate surface area is 80.5 Å². The minimum absolute atomic E-state index is 0.618. The smallest absolute Gasteiger partial charge is 0.160 e. The predicted molar refractivity (Wildman–Crippen MR) is 53.2 cm³/mol. The maximum atomic E-state index is 12.7. The minimum Gasteiger partial charge on any atom is -0.384 e. The maximum Gasteiger partial charge on any atom is 0.160 e. The van der Waals surface area contributed by atoms with Crippen LogP contribution in [0.4, 0.5) is 14.5 Å². The van der Waals surface area contributed by atoms with Gasteiger partial charge in [0.25, 0.3) is 0 Å². The average molecular weight is 203 g/mol. The van der Waals surface area contributed by atoms with Gasteiger partial charge in [-0.15, -0.1) is 0 Å². The van der Waals surface area contributed by atoms with Crippen molar-refractivity contribution in [1.29, 1.82) is 0 Å². The lowest BCUT2D eigenvalue weighted by Crippen LogP contribution is -2.04. The van der Waals surface area contributed by atoms with Gasteiger partial charge in [0.1, 0.15) is 0 Å². The lowest BCUT2D eigenvalue weighted by Gasteiger charge is -2.04. The first-order valence-corrected chi connectivity index (χ1v) is 5.31.